The third-order valence-corrected chi connectivity index (χ3v) is 4.41. The second kappa shape index (κ2) is 14.0. The fraction of sp³-hybridized carbons (Fsp3) is 0.667. The van der Waals surface area contributed by atoms with Crippen LogP contribution >= 0.6 is 24.0 Å². The van der Waals surface area contributed by atoms with Crippen LogP contribution in [0.4, 0.5) is 0 Å². The van der Waals surface area contributed by atoms with Crippen LogP contribution in [-0.2, 0) is 16.0 Å². The molecule has 28 heavy (non-hydrogen) atoms. The normalized spacial score (nSPS) is 16.8. The van der Waals surface area contributed by atoms with E-state index in [9.17, 15) is 0 Å². The molecule has 160 valence electrons. The summed E-state index contributed by atoms with van der Waals surface area (Å²) in [6.45, 7) is 9.87. The minimum absolute atomic E-state index is 0. The van der Waals surface area contributed by atoms with Gasteiger partial charge in [-0.15, -0.1) is 24.0 Å². The summed E-state index contributed by atoms with van der Waals surface area (Å²) in [6.07, 6.45) is 3.64. The van der Waals surface area contributed by atoms with Gasteiger partial charge in [-0.25, -0.2) is 0 Å². The molecule has 1 unspecified atom stereocenters. The number of aryl methyl sites for hydroxylation is 1. The molecule has 6 nitrogen and oxygen atoms in total. The van der Waals surface area contributed by atoms with Crippen LogP contribution in [0.15, 0.2) is 23.2 Å². The van der Waals surface area contributed by atoms with Gasteiger partial charge in [0.05, 0.1) is 12.2 Å². The zero-order valence-electron chi connectivity index (χ0n) is 17.6. The number of halogens is 1. The van der Waals surface area contributed by atoms with Crippen molar-refractivity contribution >= 4 is 29.9 Å². The molecule has 0 aliphatic carbocycles. The van der Waals surface area contributed by atoms with Gasteiger partial charge in [0.25, 0.3) is 0 Å². The third-order valence-electron chi connectivity index (χ3n) is 4.41. The number of guanidine groups is 1. The lowest BCUT2D eigenvalue weighted by atomic mass is 10.1. The molecule has 1 heterocycles. The Hall–Kier alpha value is -1.06. The molecular formula is C21H36IN3O3. The van der Waals surface area contributed by atoms with Crippen molar-refractivity contribution in [1.82, 2.24) is 10.6 Å². The molecule has 1 aromatic rings. The van der Waals surface area contributed by atoms with Gasteiger partial charge >= 0.3 is 0 Å². The van der Waals surface area contributed by atoms with E-state index in [4.69, 9.17) is 14.2 Å². The second-order valence-corrected chi connectivity index (χ2v) is 7.18. The monoisotopic (exact) mass is 505 g/mol. The van der Waals surface area contributed by atoms with E-state index in [1.165, 1.54) is 5.56 Å². The lowest BCUT2D eigenvalue weighted by Gasteiger charge is -2.17. The van der Waals surface area contributed by atoms with Crippen molar-refractivity contribution in [2.45, 2.75) is 58.8 Å². The number of hydrogen-bond acceptors (Lipinski definition) is 4. The number of nitrogens with zero attached hydrogens (tertiary/aromatic N) is 1. The maximum Gasteiger partial charge on any atom is 0.191 e. The average molecular weight is 505 g/mol. The topological polar surface area (TPSA) is 64.1 Å². The van der Waals surface area contributed by atoms with Crippen LogP contribution in [-0.4, -0.2) is 51.6 Å². The van der Waals surface area contributed by atoms with Gasteiger partial charge in [-0.1, -0.05) is 12.1 Å². The van der Waals surface area contributed by atoms with E-state index in [0.29, 0.717) is 13.2 Å². The fourth-order valence-corrected chi connectivity index (χ4v) is 2.90. The number of hydrogen-bond donors (Lipinski definition) is 2. The number of ether oxygens (including phenoxy) is 3. The van der Waals surface area contributed by atoms with Crippen molar-refractivity contribution in [2.24, 2.45) is 4.99 Å². The zero-order chi connectivity index (χ0) is 19.5. The fourth-order valence-electron chi connectivity index (χ4n) is 2.90. The van der Waals surface area contributed by atoms with Crippen molar-refractivity contribution in [3.05, 3.63) is 29.3 Å². The second-order valence-electron chi connectivity index (χ2n) is 7.18. The van der Waals surface area contributed by atoms with Crippen LogP contribution in [0.25, 0.3) is 0 Å². The van der Waals surface area contributed by atoms with Crippen LogP contribution in [0.1, 0.15) is 44.2 Å². The highest BCUT2D eigenvalue weighted by Gasteiger charge is 2.17. The summed E-state index contributed by atoms with van der Waals surface area (Å²) in [5.74, 6) is 1.70. The van der Waals surface area contributed by atoms with Gasteiger partial charge in [0.2, 0.25) is 0 Å². The van der Waals surface area contributed by atoms with Crippen LogP contribution in [0.2, 0.25) is 0 Å². The maximum atomic E-state index is 6.06. The molecule has 1 fully saturated rings. The van der Waals surface area contributed by atoms with Crippen molar-refractivity contribution in [1.29, 1.82) is 0 Å². The highest BCUT2D eigenvalue weighted by Crippen LogP contribution is 2.22. The van der Waals surface area contributed by atoms with Gasteiger partial charge in [0.15, 0.2) is 5.96 Å². The van der Waals surface area contributed by atoms with Crippen molar-refractivity contribution in [3.8, 4) is 5.75 Å². The van der Waals surface area contributed by atoms with E-state index in [1.54, 1.807) is 7.05 Å². The van der Waals surface area contributed by atoms with Crippen LogP contribution in [0.3, 0.4) is 0 Å². The van der Waals surface area contributed by atoms with Crippen LogP contribution in [0.5, 0.6) is 5.75 Å². The quantitative estimate of drug-likeness (QED) is 0.220. The first-order valence-electron chi connectivity index (χ1n) is 9.98. The third kappa shape index (κ3) is 9.43. The van der Waals surface area contributed by atoms with E-state index in [-0.39, 0.29) is 36.2 Å². The van der Waals surface area contributed by atoms with E-state index >= 15 is 0 Å². The van der Waals surface area contributed by atoms with Crippen molar-refractivity contribution in [2.75, 3.05) is 33.4 Å². The predicted octanol–water partition coefficient (Wildman–Crippen LogP) is 3.65. The van der Waals surface area contributed by atoms with E-state index in [1.807, 2.05) is 13.8 Å². The number of benzene rings is 1. The molecule has 0 aromatic heterocycles. The Bertz CT molecular complexity index is 590. The zero-order valence-corrected chi connectivity index (χ0v) is 20.0. The molecular weight excluding hydrogens is 469 g/mol. The van der Waals surface area contributed by atoms with Gasteiger partial charge in [0, 0.05) is 38.9 Å². The molecule has 1 saturated heterocycles. The smallest absolute Gasteiger partial charge is 0.191 e. The molecule has 1 aromatic carbocycles. The highest BCUT2D eigenvalue weighted by molar-refractivity contribution is 14.0. The SMILES string of the molecule is CN=C(NCCCOC(C)C)NCc1ccc(C)cc1OCC1CCCO1.I. The largest absolute Gasteiger partial charge is 0.491 e. The van der Waals surface area contributed by atoms with E-state index < -0.39 is 0 Å². The Morgan fingerprint density at radius 2 is 2.14 bits per heavy atom. The molecule has 0 radical (unpaired) electrons. The average Bonchev–Trinajstić information content (AvgIpc) is 3.16. The van der Waals surface area contributed by atoms with Gasteiger partial charge in [0.1, 0.15) is 12.4 Å². The Morgan fingerprint density at radius 1 is 1.32 bits per heavy atom. The lowest BCUT2D eigenvalue weighted by Crippen LogP contribution is -2.37. The van der Waals surface area contributed by atoms with E-state index in [2.05, 4.69) is 40.7 Å². The van der Waals surface area contributed by atoms with Gasteiger partial charge in [-0.05, 0) is 51.7 Å². The minimum atomic E-state index is 0. The summed E-state index contributed by atoms with van der Waals surface area (Å²) in [5, 5.41) is 6.68. The van der Waals surface area contributed by atoms with Crippen molar-refractivity contribution < 1.29 is 14.2 Å². The molecule has 1 aliphatic rings. The van der Waals surface area contributed by atoms with Gasteiger partial charge in [-0.3, -0.25) is 4.99 Å². The first-order chi connectivity index (χ1) is 13.1. The molecule has 1 atom stereocenters. The lowest BCUT2D eigenvalue weighted by molar-refractivity contribution is 0.0676. The van der Waals surface area contributed by atoms with Crippen LogP contribution < -0.4 is 15.4 Å². The van der Waals surface area contributed by atoms with Crippen LogP contribution in [0, 0.1) is 6.92 Å². The Kier molecular flexibility index (Phi) is 12.5. The Labute approximate surface area is 186 Å². The molecule has 1 aliphatic heterocycles. The van der Waals surface area contributed by atoms with Crippen molar-refractivity contribution in [3.63, 3.8) is 0 Å². The molecule has 0 amide bonds. The summed E-state index contributed by atoms with van der Waals surface area (Å²) >= 11 is 0. The molecule has 7 heteroatoms. The van der Waals surface area contributed by atoms with Gasteiger partial charge < -0.3 is 24.8 Å². The summed E-state index contributed by atoms with van der Waals surface area (Å²) in [6, 6.07) is 6.30. The predicted molar refractivity (Wildman–Crippen MR) is 125 cm³/mol. The molecule has 0 spiro atoms. The molecule has 0 saturated carbocycles. The van der Waals surface area contributed by atoms with Gasteiger partial charge in [-0.2, -0.15) is 0 Å². The minimum Gasteiger partial charge on any atom is -0.491 e. The summed E-state index contributed by atoms with van der Waals surface area (Å²) in [5.41, 5.74) is 2.30. The summed E-state index contributed by atoms with van der Waals surface area (Å²) < 4.78 is 17.3. The summed E-state index contributed by atoms with van der Waals surface area (Å²) in [4.78, 5) is 4.28. The standard InChI is InChI=1S/C21H35N3O3.HI/c1-16(2)25-12-6-10-23-21(22-4)24-14-18-9-8-17(3)13-20(18)27-15-19-7-5-11-26-19;/h8-9,13,16,19H,5-7,10-12,14-15H2,1-4H3,(H2,22,23,24);1H. The molecule has 2 N–H and O–H groups in total. The van der Waals surface area contributed by atoms with E-state index in [0.717, 1.165) is 56.3 Å². The molecule has 0 bridgehead atoms. The Balaban J connectivity index is 0.00000392. The first-order valence-corrected chi connectivity index (χ1v) is 9.98. The number of aliphatic imine (C=N–C) groups is 1. The summed E-state index contributed by atoms with van der Waals surface area (Å²) in [7, 11) is 1.78. The first kappa shape index (κ1) is 25.0. The number of rotatable bonds is 10. The Morgan fingerprint density at radius 3 is 2.82 bits per heavy atom. The highest BCUT2D eigenvalue weighted by atomic mass is 127. The maximum absolute atomic E-state index is 6.06. The number of nitrogens with one attached hydrogen (secondary N) is 2. The molecule has 2 rings (SSSR count).